The Bertz CT molecular complexity index is 559. The maximum atomic E-state index is 6.45. The fraction of sp³-hybridized carbons (Fsp3) is 0.700. The summed E-state index contributed by atoms with van der Waals surface area (Å²) in [5.74, 6) is 1.66. The molecule has 23 heavy (non-hydrogen) atoms. The lowest BCUT2D eigenvalue weighted by Crippen LogP contribution is -2.43. The van der Waals surface area contributed by atoms with Gasteiger partial charge in [0.15, 0.2) is 0 Å². The molecule has 4 aliphatic rings. The van der Waals surface area contributed by atoms with Crippen LogP contribution in [0.15, 0.2) is 30.3 Å². The third-order valence-electron chi connectivity index (χ3n) is 7.12. The van der Waals surface area contributed by atoms with Crippen LogP contribution in [0.4, 0.5) is 0 Å². The van der Waals surface area contributed by atoms with Crippen molar-refractivity contribution in [2.45, 2.75) is 76.3 Å². The van der Waals surface area contributed by atoms with Crippen LogP contribution in [-0.4, -0.2) is 18.3 Å². The fourth-order valence-corrected chi connectivity index (χ4v) is 5.01. The second kappa shape index (κ2) is 5.10. The van der Waals surface area contributed by atoms with E-state index in [1.54, 1.807) is 0 Å². The predicted octanol–water partition coefficient (Wildman–Crippen LogP) is 4.88. The van der Waals surface area contributed by atoms with E-state index in [2.05, 4.69) is 58.0 Å². The Kier molecular flexibility index (Phi) is 3.48. The van der Waals surface area contributed by atoms with Crippen molar-refractivity contribution in [2.24, 2.45) is 11.8 Å². The lowest BCUT2D eigenvalue weighted by Gasteiger charge is -2.43. The topological polar surface area (TPSA) is 18.5 Å². The van der Waals surface area contributed by atoms with E-state index < -0.39 is 0 Å². The standard InChI is InChI=1S/C20H29BO2/c1-18(2)19(3,4)23-21(22-18)20-13-16(14-20)12-17(20)11-10-15-8-6-5-7-9-15/h5-9,16-17H,10-14H2,1-4H3. The van der Waals surface area contributed by atoms with Gasteiger partial charge in [0.1, 0.15) is 0 Å². The van der Waals surface area contributed by atoms with Crippen LogP contribution in [0, 0.1) is 11.8 Å². The molecule has 4 fully saturated rings. The van der Waals surface area contributed by atoms with Crippen molar-refractivity contribution in [3.8, 4) is 0 Å². The Morgan fingerprint density at radius 1 is 1.00 bits per heavy atom. The maximum absolute atomic E-state index is 6.45. The van der Waals surface area contributed by atoms with E-state index in [-0.39, 0.29) is 23.6 Å². The Labute approximate surface area is 141 Å². The highest BCUT2D eigenvalue weighted by molar-refractivity contribution is 6.50. The highest BCUT2D eigenvalue weighted by Crippen LogP contribution is 2.72. The third-order valence-corrected chi connectivity index (χ3v) is 7.12. The molecular weight excluding hydrogens is 283 g/mol. The molecule has 1 unspecified atom stereocenters. The van der Waals surface area contributed by atoms with Crippen molar-refractivity contribution in [2.75, 3.05) is 0 Å². The van der Waals surface area contributed by atoms with Crippen LogP contribution < -0.4 is 0 Å². The highest BCUT2D eigenvalue weighted by atomic mass is 16.7. The minimum absolute atomic E-state index is 0.00739. The molecule has 1 aromatic rings. The summed E-state index contributed by atoms with van der Waals surface area (Å²) in [6.07, 6.45) is 6.44. The normalized spacial score (nSPS) is 37.0. The van der Waals surface area contributed by atoms with Gasteiger partial charge in [-0.3, -0.25) is 0 Å². The second-order valence-corrected chi connectivity index (χ2v) is 9.05. The first-order chi connectivity index (χ1) is 10.8. The predicted molar refractivity (Wildman–Crippen MR) is 94.4 cm³/mol. The van der Waals surface area contributed by atoms with Crippen LogP contribution in [0.3, 0.4) is 0 Å². The lowest BCUT2D eigenvalue weighted by molar-refractivity contribution is 0.00578. The largest absolute Gasteiger partial charge is 0.464 e. The minimum Gasteiger partial charge on any atom is -0.403 e. The number of aryl methyl sites for hydroxylation is 1. The summed E-state index contributed by atoms with van der Waals surface area (Å²) in [6, 6.07) is 10.9. The Morgan fingerprint density at radius 2 is 1.61 bits per heavy atom. The Morgan fingerprint density at radius 3 is 2.22 bits per heavy atom. The highest BCUT2D eigenvalue weighted by Gasteiger charge is 2.69. The number of fused-ring (bicyclic) bond motifs is 1. The van der Waals surface area contributed by atoms with Crippen LogP contribution in [0.5, 0.6) is 0 Å². The molecule has 1 heterocycles. The molecule has 1 aliphatic heterocycles. The van der Waals surface area contributed by atoms with E-state index in [9.17, 15) is 0 Å². The van der Waals surface area contributed by atoms with Gasteiger partial charge in [0.05, 0.1) is 11.2 Å². The molecule has 3 saturated carbocycles. The summed E-state index contributed by atoms with van der Waals surface area (Å²) >= 11 is 0. The van der Waals surface area contributed by atoms with Crippen molar-refractivity contribution in [1.82, 2.24) is 0 Å². The zero-order valence-electron chi connectivity index (χ0n) is 15.0. The van der Waals surface area contributed by atoms with E-state index in [1.165, 1.54) is 37.7 Å². The molecule has 1 atom stereocenters. The van der Waals surface area contributed by atoms with Crippen molar-refractivity contribution in [3.05, 3.63) is 35.9 Å². The molecule has 0 aromatic heterocycles. The molecule has 1 aromatic carbocycles. The first-order valence-electron chi connectivity index (χ1n) is 9.22. The quantitative estimate of drug-likeness (QED) is 0.738. The van der Waals surface area contributed by atoms with E-state index in [0.29, 0.717) is 0 Å². The van der Waals surface area contributed by atoms with E-state index >= 15 is 0 Å². The van der Waals surface area contributed by atoms with Crippen LogP contribution in [0.1, 0.15) is 58.9 Å². The van der Waals surface area contributed by atoms with Crippen LogP contribution in [0.25, 0.3) is 0 Å². The van der Waals surface area contributed by atoms with E-state index in [0.717, 1.165) is 11.8 Å². The molecule has 3 aliphatic carbocycles. The summed E-state index contributed by atoms with van der Waals surface area (Å²) in [6.45, 7) is 8.70. The molecule has 0 radical (unpaired) electrons. The monoisotopic (exact) mass is 312 g/mol. The van der Waals surface area contributed by atoms with Gasteiger partial charge in [-0.05, 0) is 77.2 Å². The van der Waals surface area contributed by atoms with Crippen molar-refractivity contribution in [3.63, 3.8) is 0 Å². The average Bonchev–Trinajstić information content (AvgIpc) is 3.05. The second-order valence-electron chi connectivity index (χ2n) is 9.05. The molecule has 3 heteroatoms. The van der Waals surface area contributed by atoms with Crippen molar-refractivity contribution < 1.29 is 9.31 Å². The molecule has 2 bridgehead atoms. The van der Waals surface area contributed by atoms with Gasteiger partial charge in [-0.25, -0.2) is 0 Å². The Hall–Kier alpha value is -0.795. The lowest BCUT2D eigenvalue weighted by atomic mass is 9.45. The van der Waals surface area contributed by atoms with Gasteiger partial charge < -0.3 is 9.31 Å². The Balaban J connectivity index is 1.48. The van der Waals surface area contributed by atoms with E-state index in [1.807, 2.05) is 0 Å². The number of hydrogen-bond donors (Lipinski definition) is 0. The number of hydrogen-bond acceptors (Lipinski definition) is 2. The smallest absolute Gasteiger partial charge is 0.403 e. The molecule has 2 nitrogen and oxygen atoms in total. The first-order valence-corrected chi connectivity index (χ1v) is 9.22. The molecule has 0 amide bonds. The molecule has 124 valence electrons. The van der Waals surface area contributed by atoms with Gasteiger partial charge in [-0.2, -0.15) is 0 Å². The summed E-state index contributed by atoms with van der Waals surface area (Å²) in [7, 11) is -0.00739. The fourth-order valence-electron chi connectivity index (χ4n) is 5.01. The molecule has 5 rings (SSSR count). The van der Waals surface area contributed by atoms with Gasteiger partial charge in [-0.15, -0.1) is 0 Å². The van der Waals surface area contributed by atoms with E-state index in [4.69, 9.17) is 9.31 Å². The average molecular weight is 312 g/mol. The minimum atomic E-state index is -0.204. The summed E-state index contributed by atoms with van der Waals surface area (Å²) in [5, 5.41) is 0.282. The van der Waals surface area contributed by atoms with Crippen molar-refractivity contribution in [1.29, 1.82) is 0 Å². The third kappa shape index (κ3) is 2.39. The van der Waals surface area contributed by atoms with Crippen LogP contribution >= 0.6 is 0 Å². The SMILES string of the molecule is CC1(C)OB(C23CC(CC2CCc2ccccc2)C3)OC1(C)C. The molecule has 0 N–H and O–H groups in total. The summed E-state index contributed by atoms with van der Waals surface area (Å²) in [5.41, 5.74) is 1.05. The maximum Gasteiger partial charge on any atom is 0.464 e. The van der Waals surface area contributed by atoms with Crippen molar-refractivity contribution >= 4 is 7.12 Å². The van der Waals surface area contributed by atoms with Crippen LogP contribution in [-0.2, 0) is 15.7 Å². The van der Waals surface area contributed by atoms with Gasteiger partial charge >= 0.3 is 7.12 Å². The summed E-state index contributed by atoms with van der Waals surface area (Å²) < 4.78 is 12.9. The summed E-state index contributed by atoms with van der Waals surface area (Å²) in [4.78, 5) is 0. The van der Waals surface area contributed by atoms with Gasteiger partial charge in [0, 0.05) is 5.31 Å². The molecule has 0 spiro atoms. The zero-order chi connectivity index (χ0) is 16.3. The van der Waals surface area contributed by atoms with Gasteiger partial charge in [0.25, 0.3) is 0 Å². The zero-order valence-corrected chi connectivity index (χ0v) is 15.0. The van der Waals surface area contributed by atoms with Crippen LogP contribution in [0.2, 0.25) is 5.31 Å². The number of benzene rings is 1. The van der Waals surface area contributed by atoms with Gasteiger partial charge in [0.2, 0.25) is 0 Å². The van der Waals surface area contributed by atoms with Gasteiger partial charge in [-0.1, -0.05) is 30.3 Å². The number of rotatable bonds is 4. The molecular formula is C20H29BO2. The first kappa shape index (κ1) is 15.7. The molecule has 1 saturated heterocycles.